The zero-order valence-corrected chi connectivity index (χ0v) is 20.5. The second-order valence-corrected chi connectivity index (χ2v) is 11.3. The van der Waals surface area contributed by atoms with Crippen LogP contribution in [0.1, 0.15) is 0 Å². The second-order valence-electron chi connectivity index (χ2n) is 8.69. The number of anilines is 1. The lowest BCUT2D eigenvalue weighted by atomic mass is 10.1. The van der Waals surface area contributed by atoms with E-state index in [9.17, 15) is 17.9 Å². The van der Waals surface area contributed by atoms with E-state index in [1.54, 1.807) is 35.7 Å². The van der Waals surface area contributed by atoms with Gasteiger partial charge in [-0.15, -0.1) is 11.3 Å². The van der Waals surface area contributed by atoms with Crippen molar-refractivity contribution in [3.63, 3.8) is 0 Å². The Balaban J connectivity index is 1.22. The maximum absolute atomic E-state index is 15.0. The van der Waals surface area contributed by atoms with E-state index in [1.165, 1.54) is 17.4 Å². The first-order valence-electron chi connectivity index (χ1n) is 11.0. The summed E-state index contributed by atoms with van der Waals surface area (Å²) in [6, 6.07) is 10.1. The molecule has 2 saturated heterocycles. The van der Waals surface area contributed by atoms with Crippen molar-refractivity contribution in [2.45, 2.75) is 24.4 Å². The summed E-state index contributed by atoms with van der Waals surface area (Å²) in [4.78, 5) is 11.8. The fourth-order valence-corrected chi connectivity index (χ4v) is 5.96. The molecule has 4 atom stereocenters. The van der Waals surface area contributed by atoms with Crippen LogP contribution in [0.25, 0.3) is 33.5 Å². The van der Waals surface area contributed by atoms with Crippen LogP contribution in [0.2, 0.25) is 0 Å². The van der Waals surface area contributed by atoms with Crippen LogP contribution in [0.5, 0.6) is 5.88 Å². The minimum absolute atomic E-state index is 0.184. The first-order valence-corrected chi connectivity index (χ1v) is 13.8. The number of rotatable bonds is 6. The molecule has 13 heteroatoms. The number of sulfonamides is 1. The van der Waals surface area contributed by atoms with E-state index in [0.29, 0.717) is 28.2 Å². The van der Waals surface area contributed by atoms with E-state index in [4.69, 9.17) is 14.2 Å². The number of thiazole rings is 1. The summed E-state index contributed by atoms with van der Waals surface area (Å²) in [7, 11) is -3.41. The number of nitrogens with zero attached hydrogens (tertiary/aromatic N) is 2. The van der Waals surface area contributed by atoms with Gasteiger partial charge < -0.3 is 24.3 Å². The maximum Gasteiger partial charge on any atom is 0.231 e. The number of benzene rings is 1. The van der Waals surface area contributed by atoms with Gasteiger partial charge in [-0.25, -0.2) is 22.8 Å². The molecule has 0 unspecified atom stereocenters. The average Bonchev–Trinajstić information content (AvgIpc) is 3.60. The molecule has 3 N–H and O–H groups in total. The van der Waals surface area contributed by atoms with Crippen LogP contribution < -0.4 is 9.46 Å². The molecule has 0 aliphatic carbocycles. The van der Waals surface area contributed by atoms with Gasteiger partial charge in [0.05, 0.1) is 36.2 Å². The molecule has 5 heterocycles. The Morgan fingerprint density at radius 3 is 2.67 bits per heavy atom. The number of aromatic nitrogens is 3. The highest BCUT2D eigenvalue weighted by atomic mass is 32.2. The molecule has 0 saturated carbocycles. The molecule has 188 valence electrons. The third-order valence-electron chi connectivity index (χ3n) is 6.02. The van der Waals surface area contributed by atoms with Crippen LogP contribution in [-0.2, 0) is 19.5 Å². The van der Waals surface area contributed by atoms with E-state index in [-0.39, 0.29) is 30.1 Å². The van der Waals surface area contributed by atoms with Crippen LogP contribution in [0, 0.1) is 5.82 Å². The average molecular weight is 533 g/mol. The van der Waals surface area contributed by atoms with Gasteiger partial charge in [0, 0.05) is 28.6 Å². The van der Waals surface area contributed by atoms with E-state index in [2.05, 4.69) is 19.7 Å². The molecular weight excluding hydrogens is 511 g/mol. The topological polar surface area (TPSA) is 136 Å². The molecule has 6 rings (SSSR count). The van der Waals surface area contributed by atoms with Crippen molar-refractivity contribution in [1.29, 1.82) is 0 Å². The van der Waals surface area contributed by atoms with Crippen molar-refractivity contribution < 1.29 is 32.1 Å². The Morgan fingerprint density at radius 2 is 1.89 bits per heavy atom. The van der Waals surface area contributed by atoms with Gasteiger partial charge in [0.2, 0.25) is 10.0 Å². The minimum atomic E-state index is -3.41. The van der Waals surface area contributed by atoms with Gasteiger partial charge in [-0.2, -0.15) is 0 Å². The van der Waals surface area contributed by atoms with Crippen molar-refractivity contribution in [1.82, 2.24) is 15.0 Å². The van der Waals surface area contributed by atoms with Crippen LogP contribution in [0.15, 0.2) is 41.8 Å². The lowest BCUT2D eigenvalue weighted by Gasteiger charge is -2.16. The van der Waals surface area contributed by atoms with Crippen molar-refractivity contribution in [2.24, 2.45) is 0 Å². The van der Waals surface area contributed by atoms with Crippen LogP contribution in [0.3, 0.4) is 0 Å². The zero-order valence-electron chi connectivity index (χ0n) is 18.8. The summed E-state index contributed by atoms with van der Waals surface area (Å²) >= 11 is 1.18. The number of nitrogens with one attached hydrogen (secondary N) is 2. The molecule has 1 aromatic carbocycles. The number of ether oxygens (including phenoxy) is 3. The van der Waals surface area contributed by atoms with Gasteiger partial charge in [0.15, 0.2) is 22.9 Å². The van der Waals surface area contributed by atoms with Gasteiger partial charge in [0.25, 0.3) is 0 Å². The van der Waals surface area contributed by atoms with Crippen molar-refractivity contribution in [2.75, 3.05) is 24.2 Å². The second kappa shape index (κ2) is 8.78. The first kappa shape index (κ1) is 23.3. The maximum atomic E-state index is 15.0. The number of aromatic amines is 1. The number of aliphatic hydroxyl groups excluding tert-OH is 1. The quantitative estimate of drug-likeness (QED) is 0.345. The number of hydrogen-bond donors (Lipinski definition) is 3. The van der Waals surface area contributed by atoms with E-state index in [1.807, 2.05) is 0 Å². The molecule has 4 aromatic rings. The predicted molar refractivity (Wildman–Crippen MR) is 131 cm³/mol. The summed E-state index contributed by atoms with van der Waals surface area (Å²) in [5.74, 6) is -0.0888. The Hall–Kier alpha value is -3.10. The molecule has 0 spiro atoms. The summed E-state index contributed by atoms with van der Waals surface area (Å²) in [6.07, 6.45) is -0.764. The fraction of sp³-hybridized carbons (Fsp3) is 0.304. The van der Waals surface area contributed by atoms with E-state index >= 15 is 0 Å². The van der Waals surface area contributed by atoms with Crippen LogP contribution in [0.4, 0.5) is 9.52 Å². The molecule has 10 nitrogen and oxygen atoms in total. The third-order valence-corrected chi connectivity index (χ3v) is 7.47. The molecule has 0 bridgehead atoms. The molecule has 36 heavy (non-hydrogen) atoms. The lowest BCUT2D eigenvalue weighted by molar-refractivity contribution is 0.00794. The monoisotopic (exact) mass is 532 g/mol. The lowest BCUT2D eigenvalue weighted by Crippen LogP contribution is -2.34. The fourth-order valence-electron chi connectivity index (χ4n) is 4.39. The van der Waals surface area contributed by atoms with Crippen molar-refractivity contribution in [3.05, 3.63) is 47.6 Å². The number of fused-ring (bicyclic) bond motifs is 2. The smallest absolute Gasteiger partial charge is 0.231 e. The third kappa shape index (κ3) is 4.44. The molecular formula is C23H21FN4O6S2. The number of H-pyrrole nitrogens is 1. The van der Waals surface area contributed by atoms with Crippen molar-refractivity contribution >= 4 is 37.5 Å². The van der Waals surface area contributed by atoms with Gasteiger partial charge in [-0.3, -0.25) is 4.72 Å². The van der Waals surface area contributed by atoms with Crippen LogP contribution >= 0.6 is 11.3 Å². The molecule has 2 fully saturated rings. The molecule has 2 aliphatic rings. The summed E-state index contributed by atoms with van der Waals surface area (Å²) in [6.45, 7) is 0.490. The van der Waals surface area contributed by atoms with E-state index in [0.717, 1.165) is 11.8 Å². The standard InChI is InChI=1S/C23H21FN4O6S2/c1-36(30,31)28-23-27-16(10-35-23)11-2-4-12(5-3-11)20-13(24)6-14-15(26-20)7-19(25-14)34-18-9-33-21-17(29)8-32-22(18)21/h2-7,10,17-18,21-22,25,29H,8-9H2,1H3,(H,27,28)/t17-,18-,21-,22-/m1/s1. The number of halogens is 1. The summed E-state index contributed by atoms with van der Waals surface area (Å²) in [5.41, 5.74) is 3.14. The SMILES string of the molecule is CS(=O)(=O)Nc1nc(-c2ccc(-c3nc4cc(O[C@@H]5CO[C@H]6[C@@H]5OC[C@H]6O)[nH]c4cc3F)cc2)cs1. The van der Waals surface area contributed by atoms with Gasteiger partial charge >= 0.3 is 0 Å². The Morgan fingerprint density at radius 1 is 1.14 bits per heavy atom. The zero-order chi connectivity index (χ0) is 25.0. The Labute approximate surface area is 209 Å². The molecule has 2 aliphatic heterocycles. The van der Waals surface area contributed by atoms with Gasteiger partial charge in [-0.1, -0.05) is 24.3 Å². The highest BCUT2D eigenvalue weighted by Crippen LogP contribution is 2.33. The molecule has 0 radical (unpaired) electrons. The summed E-state index contributed by atoms with van der Waals surface area (Å²) < 4.78 is 57.3. The van der Waals surface area contributed by atoms with Gasteiger partial charge in [0.1, 0.15) is 24.0 Å². The van der Waals surface area contributed by atoms with Gasteiger partial charge in [-0.05, 0) is 0 Å². The summed E-state index contributed by atoms with van der Waals surface area (Å²) in [5, 5.41) is 11.9. The minimum Gasteiger partial charge on any atom is -0.470 e. The Kier molecular flexibility index (Phi) is 5.68. The Bertz CT molecular complexity index is 1540. The largest absolute Gasteiger partial charge is 0.470 e. The van der Waals surface area contributed by atoms with Crippen molar-refractivity contribution in [3.8, 4) is 28.4 Å². The van der Waals surface area contributed by atoms with Crippen LogP contribution in [-0.4, -0.2) is 72.4 Å². The number of hydrogen-bond acceptors (Lipinski definition) is 9. The molecule has 3 aromatic heterocycles. The number of pyridine rings is 1. The highest BCUT2D eigenvalue weighted by Gasteiger charge is 2.48. The normalized spacial score (nSPS) is 23.8. The first-order chi connectivity index (χ1) is 17.2. The number of aliphatic hydroxyl groups is 1. The predicted octanol–water partition coefficient (Wildman–Crippen LogP) is 2.77. The highest BCUT2D eigenvalue weighted by molar-refractivity contribution is 7.92. The van der Waals surface area contributed by atoms with E-state index < -0.39 is 34.2 Å². The molecule has 0 amide bonds.